The second-order valence-corrected chi connectivity index (χ2v) is 6.19. The molecule has 0 saturated carbocycles. The van der Waals surface area contributed by atoms with Gasteiger partial charge in [0.1, 0.15) is 5.82 Å². The highest BCUT2D eigenvalue weighted by Gasteiger charge is 2.28. The number of piperidine rings is 1. The molecule has 0 radical (unpaired) electrons. The largest absolute Gasteiger partial charge is 0.343 e. The molecule has 0 aliphatic carbocycles. The van der Waals surface area contributed by atoms with Crippen molar-refractivity contribution in [1.29, 1.82) is 0 Å². The summed E-state index contributed by atoms with van der Waals surface area (Å²) in [6, 6.07) is 4.76. The van der Waals surface area contributed by atoms with Crippen LogP contribution in [0, 0.1) is 11.7 Å². The zero-order chi connectivity index (χ0) is 16.1. The lowest BCUT2D eigenvalue weighted by atomic mass is 9.96. The summed E-state index contributed by atoms with van der Waals surface area (Å²) >= 11 is 6.10. The van der Waals surface area contributed by atoms with Crippen molar-refractivity contribution in [2.24, 2.45) is 5.92 Å². The van der Waals surface area contributed by atoms with Gasteiger partial charge in [-0.15, -0.1) is 0 Å². The number of carbonyl (C=O) groups excluding carboxylic acids is 1. The van der Waals surface area contributed by atoms with Crippen molar-refractivity contribution in [2.75, 3.05) is 26.2 Å². The maximum Gasteiger partial charge on any atom is 0.226 e. The van der Waals surface area contributed by atoms with Crippen LogP contribution < -0.4 is 0 Å². The molecule has 1 atom stereocenters. The van der Waals surface area contributed by atoms with E-state index >= 15 is 0 Å². The van der Waals surface area contributed by atoms with Gasteiger partial charge in [0, 0.05) is 36.8 Å². The van der Waals surface area contributed by atoms with Crippen LogP contribution in [0.5, 0.6) is 0 Å². The number of halogens is 2. The van der Waals surface area contributed by atoms with Crippen molar-refractivity contribution in [2.45, 2.75) is 33.2 Å². The molecule has 1 heterocycles. The minimum absolute atomic E-state index is 0.0131. The molecule has 0 N–H and O–H groups in total. The smallest absolute Gasteiger partial charge is 0.226 e. The third-order valence-electron chi connectivity index (χ3n) is 4.37. The van der Waals surface area contributed by atoms with Crippen molar-refractivity contribution in [3.8, 4) is 0 Å². The van der Waals surface area contributed by atoms with Gasteiger partial charge in [0.2, 0.25) is 5.91 Å². The third kappa shape index (κ3) is 3.99. The Bertz CT molecular complexity index is 499. The average Bonchev–Trinajstić information content (AvgIpc) is 2.52. The van der Waals surface area contributed by atoms with Gasteiger partial charge < -0.3 is 4.90 Å². The number of benzene rings is 1. The van der Waals surface area contributed by atoms with Crippen molar-refractivity contribution >= 4 is 17.5 Å². The Hall–Kier alpha value is -1.13. The first kappa shape index (κ1) is 17.2. The SMILES string of the molecule is CCN(CC)C(=O)C1CCCN(Cc2c(F)cccc2Cl)C1. The van der Waals surface area contributed by atoms with E-state index in [2.05, 4.69) is 4.90 Å². The summed E-state index contributed by atoms with van der Waals surface area (Å²) in [5.41, 5.74) is 0.528. The Morgan fingerprint density at radius 2 is 2.14 bits per heavy atom. The van der Waals surface area contributed by atoms with Gasteiger partial charge >= 0.3 is 0 Å². The van der Waals surface area contributed by atoms with E-state index in [9.17, 15) is 9.18 Å². The first-order valence-corrected chi connectivity index (χ1v) is 8.38. The Kier molecular flexibility index (Phi) is 6.21. The number of amides is 1. The minimum Gasteiger partial charge on any atom is -0.343 e. The number of carbonyl (C=O) groups is 1. The molecule has 3 nitrogen and oxygen atoms in total. The van der Waals surface area contributed by atoms with Crippen LogP contribution in [0.3, 0.4) is 0 Å². The Labute approximate surface area is 137 Å². The number of hydrogen-bond acceptors (Lipinski definition) is 2. The van der Waals surface area contributed by atoms with E-state index in [1.165, 1.54) is 6.07 Å². The second kappa shape index (κ2) is 7.93. The highest BCUT2D eigenvalue weighted by molar-refractivity contribution is 6.31. The van der Waals surface area contributed by atoms with Crippen LogP contribution in [0.25, 0.3) is 0 Å². The van der Waals surface area contributed by atoms with Crippen LogP contribution in [0.1, 0.15) is 32.3 Å². The molecule has 1 aromatic rings. The van der Waals surface area contributed by atoms with Gasteiger partial charge in [0.15, 0.2) is 0 Å². The van der Waals surface area contributed by atoms with Crippen LogP contribution in [0.2, 0.25) is 5.02 Å². The normalized spacial score (nSPS) is 19.2. The highest BCUT2D eigenvalue weighted by atomic mass is 35.5. The number of rotatable bonds is 5. The second-order valence-electron chi connectivity index (χ2n) is 5.79. The Morgan fingerprint density at radius 1 is 1.41 bits per heavy atom. The standard InChI is InChI=1S/C17H24ClFN2O/c1-3-21(4-2)17(22)13-7-6-10-20(11-13)12-14-15(18)8-5-9-16(14)19/h5,8-9,13H,3-4,6-7,10-12H2,1-2H3. The van der Waals surface area contributed by atoms with Gasteiger partial charge in [-0.05, 0) is 45.4 Å². The van der Waals surface area contributed by atoms with E-state index in [-0.39, 0.29) is 17.6 Å². The Morgan fingerprint density at radius 3 is 2.77 bits per heavy atom. The summed E-state index contributed by atoms with van der Waals surface area (Å²) in [6.07, 6.45) is 1.88. The van der Waals surface area contributed by atoms with E-state index in [4.69, 9.17) is 11.6 Å². The summed E-state index contributed by atoms with van der Waals surface area (Å²) in [5, 5.41) is 0.456. The van der Waals surface area contributed by atoms with Crippen molar-refractivity contribution in [3.63, 3.8) is 0 Å². The van der Waals surface area contributed by atoms with Gasteiger partial charge in [-0.1, -0.05) is 17.7 Å². The van der Waals surface area contributed by atoms with E-state index in [1.807, 2.05) is 18.7 Å². The van der Waals surface area contributed by atoms with E-state index in [0.717, 1.165) is 32.5 Å². The van der Waals surface area contributed by atoms with Crippen LogP contribution >= 0.6 is 11.6 Å². The molecule has 1 unspecified atom stereocenters. The summed E-state index contributed by atoms with van der Waals surface area (Å²) in [7, 11) is 0. The fourth-order valence-electron chi connectivity index (χ4n) is 3.10. The highest BCUT2D eigenvalue weighted by Crippen LogP contribution is 2.25. The molecule has 0 aromatic heterocycles. The topological polar surface area (TPSA) is 23.6 Å². The fraction of sp³-hybridized carbons (Fsp3) is 0.588. The van der Waals surface area contributed by atoms with Gasteiger partial charge in [-0.2, -0.15) is 0 Å². The average molecular weight is 327 g/mol. The molecule has 122 valence electrons. The molecule has 1 amide bonds. The van der Waals surface area contributed by atoms with Crippen molar-refractivity contribution < 1.29 is 9.18 Å². The number of hydrogen-bond donors (Lipinski definition) is 0. The molecule has 0 bridgehead atoms. The lowest BCUT2D eigenvalue weighted by Crippen LogP contribution is -2.44. The summed E-state index contributed by atoms with van der Waals surface area (Å²) in [4.78, 5) is 16.5. The quantitative estimate of drug-likeness (QED) is 0.826. The molecule has 2 rings (SSSR count). The van der Waals surface area contributed by atoms with Gasteiger partial charge in [-0.3, -0.25) is 9.69 Å². The molecule has 0 spiro atoms. The van der Waals surface area contributed by atoms with E-state index < -0.39 is 0 Å². The first-order valence-electron chi connectivity index (χ1n) is 8.00. The zero-order valence-corrected chi connectivity index (χ0v) is 14.1. The van der Waals surface area contributed by atoms with Crippen LogP contribution in [0.15, 0.2) is 18.2 Å². The van der Waals surface area contributed by atoms with Crippen LogP contribution in [0.4, 0.5) is 4.39 Å². The monoisotopic (exact) mass is 326 g/mol. The molecule has 1 aromatic carbocycles. The van der Waals surface area contributed by atoms with Crippen molar-refractivity contribution in [1.82, 2.24) is 9.80 Å². The first-order chi connectivity index (χ1) is 10.6. The van der Waals surface area contributed by atoms with Crippen molar-refractivity contribution in [3.05, 3.63) is 34.6 Å². The molecule has 5 heteroatoms. The Balaban J connectivity index is 2.03. The third-order valence-corrected chi connectivity index (χ3v) is 4.73. The van der Waals surface area contributed by atoms with E-state index in [1.54, 1.807) is 12.1 Å². The molecular formula is C17H24ClFN2O. The maximum absolute atomic E-state index is 13.9. The maximum atomic E-state index is 13.9. The number of likely N-dealkylation sites (tertiary alicyclic amines) is 1. The predicted octanol–water partition coefficient (Wildman–Crippen LogP) is 3.56. The van der Waals surface area contributed by atoms with Gasteiger partial charge in [-0.25, -0.2) is 4.39 Å². The molecule has 1 aliphatic rings. The molecule has 22 heavy (non-hydrogen) atoms. The lowest BCUT2D eigenvalue weighted by Gasteiger charge is -2.34. The van der Waals surface area contributed by atoms with Gasteiger partial charge in [0.05, 0.1) is 5.92 Å². The summed E-state index contributed by atoms with van der Waals surface area (Å²) < 4.78 is 13.9. The summed E-state index contributed by atoms with van der Waals surface area (Å²) in [6.45, 7) is 7.51. The molecular weight excluding hydrogens is 303 g/mol. The number of nitrogens with zero attached hydrogens (tertiary/aromatic N) is 2. The van der Waals surface area contributed by atoms with E-state index in [0.29, 0.717) is 23.7 Å². The molecule has 1 fully saturated rings. The van der Waals surface area contributed by atoms with Crippen LogP contribution in [-0.2, 0) is 11.3 Å². The lowest BCUT2D eigenvalue weighted by molar-refractivity contribution is -0.137. The zero-order valence-electron chi connectivity index (χ0n) is 13.3. The van der Waals surface area contributed by atoms with Gasteiger partial charge in [0.25, 0.3) is 0 Å². The molecule has 1 aliphatic heterocycles. The summed E-state index contributed by atoms with van der Waals surface area (Å²) in [5.74, 6) is -0.0433. The predicted molar refractivity (Wildman–Crippen MR) is 87.3 cm³/mol. The van der Waals surface area contributed by atoms with Crippen LogP contribution in [-0.4, -0.2) is 41.9 Å². The molecule has 1 saturated heterocycles. The minimum atomic E-state index is -0.273. The fourth-order valence-corrected chi connectivity index (χ4v) is 3.32.